The largest absolute Gasteiger partial charge is 0.481 e. The summed E-state index contributed by atoms with van der Waals surface area (Å²) in [6.07, 6.45) is -3.25. The van der Waals surface area contributed by atoms with Gasteiger partial charge in [0.05, 0.1) is 0 Å². The SMILES string of the molecule is CCC(=O)O.OC(c1ccccc1)C(O)C(O)c1ccccc1. The lowest BCUT2D eigenvalue weighted by Gasteiger charge is -2.23. The second kappa shape index (κ2) is 9.74. The summed E-state index contributed by atoms with van der Waals surface area (Å²) >= 11 is 0. The van der Waals surface area contributed by atoms with E-state index in [-0.39, 0.29) is 6.42 Å². The van der Waals surface area contributed by atoms with Crippen LogP contribution >= 0.6 is 0 Å². The number of rotatable bonds is 5. The van der Waals surface area contributed by atoms with Crippen molar-refractivity contribution >= 4 is 5.97 Å². The third kappa shape index (κ3) is 6.20. The van der Waals surface area contributed by atoms with Crippen LogP contribution in [0.1, 0.15) is 36.7 Å². The molecule has 2 aromatic rings. The fourth-order valence-electron chi connectivity index (χ4n) is 1.87. The number of carbonyl (C=O) groups is 1. The van der Waals surface area contributed by atoms with Crippen molar-refractivity contribution in [3.63, 3.8) is 0 Å². The summed E-state index contributed by atoms with van der Waals surface area (Å²) in [6.45, 7) is 1.60. The highest BCUT2D eigenvalue weighted by molar-refractivity contribution is 5.66. The van der Waals surface area contributed by atoms with Crippen LogP contribution in [0.5, 0.6) is 0 Å². The van der Waals surface area contributed by atoms with Gasteiger partial charge in [-0.1, -0.05) is 67.6 Å². The smallest absolute Gasteiger partial charge is 0.303 e. The van der Waals surface area contributed by atoms with E-state index in [1.54, 1.807) is 55.5 Å². The summed E-state index contributed by atoms with van der Waals surface area (Å²) in [5.74, 6) is -0.745. The lowest BCUT2D eigenvalue weighted by molar-refractivity contribution is -0.136. The lowest BCUT2D eigenvalue weighted by Crippen LogP contribution is -2.26. The zero-order valence-corrected chi connectivity index (χ0v) is 12.9. The molecule has 2 rings (SSSR count). The third-order valence-corrected chi connectivity index (χ3v) is 3.23. The van der Waals surface area contributed by atoms with Crippen molar-refractivity contribution in [2.75, 3.05) is 0 Å². The zero-order chi connectivity index (χ0) is 17.2. The minimum Gasteiger partial charge on any atom is -0.481 e. The highest BCUT2D eigenvalue weighted by atomic mass is 16.4. The molecule has 0 aliphatic rings. The van der Waals surface area contributed by atoms with Crippen molar-refractivity contribution < 1.29 is 25.2 Å². The molecule has 5 nitrogen and oxygen atoms in total. The Hall–Kier alpha value is -2.21. The van der Waals surface area contributed by atoms with Crippen molar-refractivity contribution in [2.24, 2.45) is 0 Å². The highest BCUT2D eigenvalue weighted by Gasteiger charge is 2.26. The Balaban J connectivity index is 0.000000463. The van der Waals surface area contributed by atoms with Crippen molar-refractivity contribution in [2.45, 2.75) is 31.7 Å². The van der Waals surface area contributed by atoms with Gasteiger partial charge in [0.1, 0.15) is 18.3 Å². The number of aliphatic hydroxyl groups is 3. The molecule has 0 fully saturated rings. The van der Waals surface area contributed by atoms with Crippen molar-refractivity contribution in [3.8, 4) is 0 Å². The number of benzene rings is 2. The molecule has 2 atom stereocenters. The first-order chi connectivity index (χ1) is 11.0. The van der Waals surface area contributed by atoms with E-state index in [1.807, 2.05) is 12.1 Å². The predicted octanol–water partition coefficient (Wildman–Crippen LogP) is 2.30. The first-order valence-corrected chi connectivity index (χ1v) is 7.33. The quantitative estimate of drug-likeness (QED) is 0.678. The van der Waals surface area contributed by atoms with Crippen LogP contribution in [0.15, 0.2) is 60.7 Å². The number of hydrogen-bond acceptors (Lipinski definition) is 4. The van der Waals surface area contributed by atoms with Crippen molar-refractivity contribution in [1.82, 2.24) is 0 Å². The minimum absolute atomic E-state index is 0.222. The van der Waals surface area contributed by atoms with E-state index < -0.39 is 24.3 Å². The van der Waals surface area contributed by atoms with E-state index in [4.69, 9.17) is 5.11 Å². The molecule has 0 bridgehead atoms. The van der Waals surface area contributed by atoms with Gasteiger partial charge in [-0.05, 0) is 11.1 Å². The first-order valence-electron chi connectivity index (χ1n) is 7.33. The average molecular weight is 318 g/mol. The van der Waals surface area contributed by atoms with Crippen LogP contribution in [-0.4, -0.2) is 32.5 Å². The summed E-state index contributed by atoms with van der Waals surface area (Å²) in [4.78, 5) is 9.37. The zero-order valence-electron chi connectivity index (χ0n) is 12.9. The fourth-order valence-corrected chi connectivity index (χ4v) is 1.87. The number of carboxylic acids is 1. The number of hydrogen-bond donors (Lipinski definition) is 4. The topological polar surface area (TPSA) is 98.0 Å². The normalized spacial score (nSPS) is 14.1. The van der Waals surface area contributed by atoms with Gasteiger partial charge in [0.15, 0.2) is 0 Å². The minimum atomic E-state index is -1.25. The van der Waals surface area contributed by atoms with Crippen molar-refractivity contribution in [3.05, 3.63) is 71.8 Å². The third-order valence-electron chi connectivity index (χ3n) is 3.23. The summed E-state index contributed by atoms with van der Waals surface area (Å²) in [7, 11) is 0. The molecule has 4 N–H and O–H groups in total. The second-order valence-electron chi connectivity index (χ2n) is 4.95. The molecule has 23 heavy (non-hydrogen) atoms. The van der Waals surface area contributed by atoms with Crippen LogP contribution in [0, 0.1) is 0 Å². The maximum atomic E-state index is 10.0. The van der Waals surface area contributed by atoms with Crippen LogP contribution in [0.4, 0.5) is 0 Å². The molecule has 0 aliphatic heterocycles. The summed E-state index contributed by atoms with van der Waals surface area (Å²) in [5.41, 5.74) is 1.17. The summed E-state index contributed by atoms with van der Waals surface area (Å²) in [6, 6.07) is 17.6. The van der Waals surface area contributed by atoms with Crippen LogP contribution < -0.4 is 0 Å². The molecule has 0 radical (unpaired) electrons. The highest BCUT2D eigenvalue weighted by Crippen LogP contribution is 2.26. The van der Waals surface area contributed by atoms with Gasteiger partial charge < -0.3 is 20.4 Å². The summed E-state index contributed by atoms with van der Waals surface area (Å²) < 4.78 is 0. The molecule has 0 saturated carbocycles. The van der Waals surface area contributed by atoms with E-state index in [2.05, 4.69) is 0 Å². The van der Waals surface area contributed by atoms with Gasteiger partial charge in [-0.2, -0.15) is 0 Å². The first kappa shape index (κ1) is 18.8. The Morgan fingerprint density at radius 3 is 1.39 bits per heavy atom. The van der Waals surface area contributed by atoms with Crippen LogP contribution in [-0.2, 0) is 4.79 Å². The van der Waals surface area contributed by atoms with Crippen LogP contribution in [0.25, 0.3) is 0 Å². The lowest BCUT2D eigenvalue weighted by atomic mass is 9.96. The maximum Gasteiger partial charge on any atom is 0.303 e. The van der Waals surface area contributed by atoms with E-state index in [0.717, 1.165) is 0 Å². The number of aliphatic carboxylic acids is 1. The van der Waals surface area contributed by atoms with Gasteiger partial charge in [-0.3, -0.25) is 4.79 Å². The average Bonchev–Trinajstić information content (AvgIpc) is 2.61. The second-order valence-corrected chi connectivity index (χ2v) is 4.95. The molecule has 5 heteroatoms. The molecule has 0 saturated heterocycles. The van der Waals surface area contributed by atoms with Gasteiger partial charge in [-0.25, -0.2) is 0 Å². The van der Waals surface area contributed by atoms with Crippen LogP contribution in [0.2, 0.25) is 0 Å². The number of aliphatic hydroxyl groups excluding tert-OH is 3. The molecule has 124 valence electrons. The van der Waals surface area contributed by atoms with Crippen molar-refractivity contribution in [1.29, 1.82) is 0 Å². The van der Waals surface area contributed by atoms with E-state index in [0.29, 0.717) is 11.1 Å². The Bertz CT molecular complexity index is 525. The summed E-state index contributed by atoms with van der Waals surface area (Å²) in [5, 5.41) is 37.7. The van der Waals surface area contributed by atoms with Gasteiger partial charge >= 0.3 is 5.97 Å². The van der Waals surface area contributed by atoms with E-state index in [9.17, 15) is 20.1 Å². The molecular weight excluding hydrogens is 296 g/mol. The van der Waals surface area contributed by atoms with E-state index in [1.165, 1.54) is 0 Å². The molecule has 0 spiro atoms. The molecule has 2 unspecified atom stereocenters. The van der Waals surface area contributed by atoms with Gasteiger partial charge in [0.25, 0.3) is 0 Å². The number of carboxylic acid groups (broad SMARTS) is 1. The Morgan fingerprint density at radius 1 is 0.826 bits per heavy atom. The Labute approximate surface area is 135 Å². The fraction of sp³-hybridized carbons (Fsp3) is 0.278. The van der Waals surface area contributed by atoms with E-state index >= 15 is 0 Å². The molecule has 0 amide bonds. The monoisotopic (exact) mass is 318 g/mol. The molecule has 0 aliphatic carbocycles. The Morgan fingerprint density at radius 2 is 1.13 bits per heavy atom. The van der Waals surface area contributed by atoms with Crippen LogP contribution in [0.3, 0.4) is 0 Å². The Kier molecular flexibility index (Phi) is 7.97. The molecule has 0 aromatic heterocycles. The molecule has 0 heterocycles. The standard InChI is InChI=1S/C15H16O3.C3H6O2/c16-13(11-7-3-1-4-8-11)15(18)14(17)12-9-5-2-6-10-12;1-2-3(4)5/h1-10,13-18H;2H2,1H3,(H,4,5). The van der Waals surface area contributed by atoms with Gasteiger partial charge in [0, 0.05) is 6.42 Å². The van der Waals surface area contributed by atoms with Gasteiger partial charge in [-0.15, -0.1) is 0 Å². The van der Waals surface area contributed by atoms with Gasteiger partial charge in [0.2, 0.25) is 0 Å². The predicted molar refractivity (Wildman–Crippen MR) is 86.7 cm³/mol. The molecule has 2 aromatic carbocycles. The molecular formula is C18H22O5. The maximum absolute atomic E-state index is 10.0.